The maximum atomic E-state index is 13.9. The molecule has 0 unspecified atom stereocenters. The van der Waals surface area contributed by atoms with E-state index >= 15 is 0 Å². The molecule has 3 nitrogen and oxygen atoms in total. The number of aromatic nitrogens is 1. The van der Waals surface area contributed by atoms with E-state index in [1.807, 2.05) is 29.1 Å². The molecule has 0 aliphatic carbocycles. The lowest BCUT2D eigenvalue weighted by Crippen LogP contribution is -2.34. The van der Waals surface area contributed by atoms with E-state index in [-0.39, 0.29) is 11.4 Å². The molecule has 2 aromatic rings. The second-order valence-electron chi connectivity index (χ2n) is 6.21. The highest BCUT2D eigenvalue weighted by molar-refractivity contribution is 5.33. The van der Waals surface area contributed by atoms with E-state index in [1.165, 1.54) is 11.6 Å². The molecule has 4 heteroatoms. The fourth-order valence-corrected chi connectivity index (χ4v) is 2.00. The van der Waals surface area contributed by atoms with E-state index in [0.29, 0.717) is 17.7 Å². The van der Waals surface area contributed by atoms with Gasteiger partial charge in [0.15, 0.2) is 0 Å². The molecular weight excluding hydrogens is 265 g/mol. The standard InChI is InChI=1S/C17H20FN3/c1-17(2,3)20-10-14-6-7-21(11-14)12-15-5-4-13(9-19)8-16(15)18/h4-8,11,20H,10,12H2,1-3H3. The van der Waals surface area contributed by atoms with Crippen LogP contribution in [0.3, 0.4) is 0 Å². The minimum absolute atomic E-state index is 0.0708. The predicted octanol–water partition coefficient (Wildman–Crippen LogP) is 3.44. The van der Waals surface area contributed by atoms with E-state index in [2.05, 4.69) is 26.1 Å². The van der Waals surface area contributed by atoms with Gasteiger partial charge in [-0.05, 0) is 44.5 Å². The van der Waals surface area contributed by atoms with Crippen molar-refractivity contribution in [1.82, 2.24) is 9.88 Å². The number of rotatable bonds is 4. The Morgan fingerprint density at radius 3 is 2.67 bits per heavy atom. The zero-order chi connectivity index (χ0) is 15.5. The third-order valence-electron chi connectivity index (χ3n) is 3.17. The molecule has 0 radical (unpaired) electrons. The van der Waals surface area contributed by atoms with Gasteiger partial charge < -0.3 is 9.88 Å². The normalized spacial score (nSPS) is 11.4. The topological polar surface area (TPSA) is 40.8 Å². The second kappa shape index (κ2) is 6.11. The van der Waals surface area contributed by atoms with Crippen LogP contribution >= 0.6 is 0 Å². The lowest BCUT2D eigenvalue weighted by molar-refractivity contribution is 0.424. The molecule has 0 amide bonds. The van der Waals surface area contributed by atoms with Crippen LogP contribution in [0.5, 0.6) is 0 Å². The second-order valence-corrected chi connectivity index (χ2v) is 6.21. The van der Waals surface area contributed by atoms with Crippen LogP contribution in [0.25, 0.3) is 0 Å². The van der Waals surface area contributed by atoms with Gasteiger partial charge in [-0.15, -0.1) is 0 Å². The number of nitriles is 1. The zero-order valence-electron chi connectivity index (χ0n) is 12.7. The molecule has 0 atom stereocenters. The van der Waals surface area contributed by atoms with Crippen molar-refractivity contribution >= 4 is 0 Å². The van der Waals surface area contributed by atoms with Crippen LogP contribution in [-0.4, -0.2) is 10.1 Å². The van der Waals surface area contributed by atoms with Gasteiger partial charge in [0.2, 0.25) is 0 Å². The molecule has 0 aliphatic heterocycles. The molecule has 1 heterocycles. The highest BCUT2D eigenvalue weighted by Crippen LogP contribution is 2.13. The molecule has 0 spiro atoms. The van der Waals surface area contributed by atoms with Gasteiger partial charge in [0.25, 0.3) is 0 Å². The van der Waals surface area contributed by atoms with Crippen LogP contribution in [0.4, 0.5) is 4.39 Å². The molecule has 0 fully saturated rings. The first-order valence-corrected chi connectivity index (χ1v) is 6.95. The molecule has 21 heavy (non-hydrogen) atoms. The smallest absolute Gasteiger partial charge is 0.129 e. The summed E-state index contributed by atoms with van der Waals surface area (Å²) < 4.78 is 15.8. The van der Waals surface area contributed by atoms with Gasteiger partial charge >= 0.3 is 0 Å². The molecule has 0 saturated carbocycles. The van der Waals surface area contributed by atoms with Crippen LogP contribution in [0.2, 0.25) is 0 Å². The Hall–Kier alpha value is -2.12. The van der Waals surface area contributed by atoms with Crippen molar-refractivity contribution in [2.24, 2.45) is 0 Å². The van der Waals surface area contributed by atoms with Crippen LogP contribution in [0.1, 0.15) is 37.5 Å². The lowest BCUT2D eigenvalue weighted by atomic mass is 10.1. The minimum atomic E-state index is -0.336. The Labute approximate surface area is 125 Å². The summed E-state index contributed by atoms with van der Waals surface area (Å²) in [5.74, 6) is -0.336. The van der Waals surface area contributed by atoms with Crippen LogP contribution in [0, 0.1) is 17.1 Å². The summed E-state index contributed by atoms with van der Waals surface area (Å²) >= 11 is 0. The minimum Gasteiger partial charge on any atom is -0.349 e. The van der Waals surface area contributed by atoms with E-state index in [4.69, 9.17) is 5.26 Å². The molecule has 1 N–H and O–H groups in total. The first kappa shape index (κ1) is 15.3. The van der Waals surface area contributed by atoms with Crippen molar-refractivity contribution in [3.05, 3.63) is 59.2 Å². The van der Waals surface area contributed by atoms with Crippen LogP contribution < -0.4 is 5.32 Å². The summed E-state index contributed by atoms with van der Waals surface area (Å²) in [5.41, 5.74) is 2.17. The third kappa shape index (κ3) is 4.44. The van der Waals surface area contributed by atoms with Gasteiger partial charge in [-0.1, -0.05) is 6.07 Å². The molecular formula is C17H20FN3. The largest absolute Gasteiger partial charge is 0.349 e. The first-order valence-electron chi connectivity index (χ1n) is 6.95. The quantitative estimate of drug-likeness (QED) is 0.935. The number of nitrogens with one attached hydrogen (secondary N) is 1. The Kier molecular flexibility index (Phi) is 4.44. The van der Waals surface area contributed by atoms with Crippen molar-refractivity contribution in [3.8, 4) is 6.07 Å². The van der Waals surface area contributed by atoms with E-state index in [0.717, 1.165) is 6.54 Å². The molecule has 0 aliphatic rings. The highest BCUT2D eigenvalue weighted by atomic mass is 19.1. The molecule has 0 saturated heterocycles. The Bertz CT molecular complexity index is 659. The highest BCUT2D eigenvalue weighted by Gasteiger charge is 2.09. The molecule has 1 aromatic heterocycles. The van der Waals surface area contributed by atoms with E-state index in [1.54, 1.807) is 12.1 Å². The van der Waals surface area contributed by atoms with Gasteiger partial charge in [-0.2, -0.15) is 5.26 Å². The Balaban J connectivity index is 2.04. The lowest BCUT2D eigenvalue weighted by Gasteiger charge is -2.19. The van der Waals surface area contributed by atoms with Crippen LogP contribution in [0.15, 0.2) is 36.7 Å². The maximum absolute atomic E-state index is 13.9. The molecule has 2 rings (SSSR count). The number of nitrogens with zero attached hydrogens (tertiary/aromatic N) is 2. The summed E-state index contributed by atoms with van der Waals surface area (Å²) in [6.07, 6.45) is 3.95. The fraction of sp³-hybridized carbons (Fsp3) is 0.353. The van der Waals surface area contributed by atoms with E-state index < -0.39 is 0 Å². The average molecular weight is 285 g/mol. The summed E-state index contributed by atoms with van der Waals surface area (Å²) in [4.78, 5) is 0. The average Bonchev–Trinajstić information content (AvgIpc) is 2.86. The maximum Gasteiger partial charge on any atom is 0.129 e. The van der Waals surface area contributed by atoms with Crippen molar-refractivity contribution in [1.29, 1.82) is 5.26 Å². The third-order valence-corrected chi connectivity index (χ3v) is 3.17. The van der Waals surface area contributed by atoms with Gasteiger partial charge in [-0.3, -0.25) is 0 Å². The van der Waals surface area contributed by atoms with Crippen molar-refractivity contribution < 1.29 is 4.39 Å². The molecule has 0 bridgehead atoms. The number of benzene rings is 1. The zero-order valence-corrected chi connectivity index (χ0v) is 12.7. The monoisotopic (exact) mass is 285 g/mol. The summed E-state index contributed by atoms with van der Waals surface area (Å²) in [6.45, 7) is 7.61. The number of hydrogen-bond donors (Lipinski definition) is 1. The number of halogens is 1. The van der Waals surface area contributed by atoms with Crippen LogP contribution in [-0.2, 0) is 13.1 Å². The van der Waals surface area contributed by atoms with Gasteiger partial charge in [0.05, 0.1) is 11.6 Å². The van der Waals surface area contributed by atoms with Gasteiger partial charge in [0, 0.05) is 36.6 Å². The van der Waals surface area contributed by atoms with Crippen molar-refractivity contribution in [3.63, 3.8) is 0 Å². The fourth-order valence-electron chi connectivity index (χ4n) is 2.00. The SMILES string of the molecule is CC(C)(C)NCc1ccn(Cc2ccc(C#N)cc2F)c1. The molecule has 1 aromatic carbocycles. The van der Waals surface area contributed by atoms with E-state index in [9.17, 15) is 4.39 Å². The summed E-state index contributed by atoms with van der Waals surface area (Å²) in [6, 6.07) is 8.56. The first-order chi connectivity index (χ1) is 9.87. The van der Waals surface area contributed by atoms with Crippen molar-refractivity contribution in [2.45, 2.75) is 39.4 Å². The number of hydrogen-bond acceptors (Lipinski definition) is 2. The van der Waals surface area contributed by atoms with Gasteiger partial charge in [0.1, 0.15) is 5.82 Å². The predicted molar refractivity (Wildman–Crippen MR) is 81.2 cm³/mol. The van der Waals surface area contributed by atoms with Gasteiger partial charge in [-0.25, -0.2) is 4.39 Å². The Morgan fingerprint density at radius 2 is 2.05 bits per heavy atom. The summed E-state index contributed by atoms with van der Waals surface area (Å²) in [7, 11) is 0. The molecule has 110 valence electrons. The van der Waals surface area contributed by atoms with Crippen molar-refractivity contribution in [2.75, 3.05) is 0 Å². The Morgan fingerprint density at radius 1 is 1.29 bits per heavy atom. The summed E-state index contributed by atoms with van der Waals surface area (Å²) in [5, 5.41) is 12.2.